The van der Waals surface area contributed by atoms with Crippen LogP contribution in [0.4, 0.5) is 0 Å². The van der Waals surface area contributed by atoms with Crippen LogP contribution >= 0.6 is 6.72 Å². The highest BCUT2D eigenvalue weighted by Crippen LogP contribution is 2.45. The Balaban J connectivity index is 4.39. The summed E-state index contributed by atoms with van der Waals surface area (Å²) in [7, 11) is 0. The molecule has 0 spiro atoms. The Labute approximate surface area is 188 Å². The van der Waals surface area contributed by atoms with Gasteiger partial charge in [0.25, 0.3) is 0 Å². The van der Waals surface area contributed by atoms with Crippen LogP contribution in [0, 0.1) is 11.8 Å². The summed E-state index contributed by atoms with van der Waals surface area (Å²) in [5.41, 5.74) is 0. The Morgan fingerprint density at radius 3 is 1.28 bits per heavy atom. The molecule has 0 aromatic carbocycles. The first-order valence-corrected chi connectivity index (χ1v) is 15.2. The van der Waals surface area contributed by atoms with Crippen molar-refractivity contribution in [2.45, 2.75) is 130 Å². The fourth-order valence-electron chi connectivity index (χ4n) is 3.76. The number of hydrogen-bond donors (Lipinski definition) is 1. The van der Waals surface area contributed by atoms with Gasteiger partial charge in [-0.2, -0.15) is 0 Å². The second-order valence-electron chi connectivity index (χ2n) is 8.78. The van der Waals surface area contributed by atoms with E-state index in [1.807, 2.05) is 0 Å². The van der Waals surface area contributed by atoms with Crippen molar-refractivity contribution in [2.75, 3.05) is 13.2 Å². The van der Waals surface area contributed by atoms with Crippen molar-refractivity contribution in [2.24, 2.45) is 11.8 Å². The molecule has 0 aliphatic heterocycles. The van der Waals surface area contributed by atoms with Gasteiger partial charge < -0.3 is 13.9 Å². The molecule has 176 valence electrons. The number of rotatable bonds is 22. The molecule has 2 unspecified atom stereocenters. The third kappa shape index (κ3) is 19.0. The second-order valence-corrected chi connectivity index (χ2v) is 11.6. The molecule has 0 radical (unpaired) electrons. The predicted octanol–water partition coefficient (Wildman–Crippen LogP) is 8.79. The Morgan fingerprint density at radius 2 is 0.931 bits per heavy atom. The van der Waals surface area contributed by atoms with Crippen LogP contribution in [0.3, 0.4) is 0 Å². The van der Waals surface area contributed by atoms with Crippen LogP contribution < -0.4 is 0 Å². The zero-order valence-corrected chi connectivity index (χ0v) is 21.7. The molecular formula is C24H51O3PS. The number of unbranched alkanes of at least 4 members (excludes halogenated alkanes) is 8. The molecule has 0 aliphatic rings. The molecule has 3 nitrogen and oxygen atoms in total. The molecular weight excluding hydrogens is 399 g/mol. The van der Waals surface area contributed by atoms with Crippen LogP contribution in [-0.2, 0) is 20.9 Å². The molecule has 0 rings (SSSR count). The lowest BCUT2D eigenvalue weighted by molar-refractivity contribution is 0.141. The van der Waals surface area contributed by atoms with E-state index in [1.165, 1.54) is 89.9 Å². The third-order valence-corrected chi connectivity index (χ3v) is 7.39. The normalized spacial score (nSPS) is 15.9. The standard InChI is InChI=1S/C24H51O3PS/c1-5-9-13-15-19-23(17-11-7-3)21-26-28(25,29)27-22-24(18-12-8-4)20-16-14-10-6-2/h23-24H,5-22H2,1-4H3,(H,25,29). The highest BCUT2D eigenvalue weighted by molar-refractivity contribution is 8.07. The van der Waals surface area contributed by atoms with Gasteiger partial charge in [0, 0.05) is 0 Å². The third-order valence-electron chi connectivity index (χ3n) is 5.81. The fraction of sp³-hybridized carbons (Fsp3) is 1.00. The maximum atomic E-state index is 10.6. The van der Waals surface area contributed by atoms with Crippen LogP contribution in [0.2, 0.25) is 0 Å². The van der Waals surface area contributed by atoms with Crippen molar-refractivity contribution in [3.05, 3.63) is 0 Å². The van der Waals surface area contributed by atoms with Gasteiger partial charge in [-0.3, -0.25) is 0 Å². The van der Waals surface area contributed by atoms with E-state index in [1.54, 1.807) is 0 Å². The van der Waals surface area contributed by atoms with Gasteiger partial charge in [0.1, 0.15) is 0 Å². The van der Waals surface area contributed by atoms with E-state index in [0.29, 0.717) is 25.0 Å². The highest BCUT2D eigenvalue weighted by atomic mass is 32.5. The molecule has 0 saturated carbocycles. The number of hydrogen-bond acceptors (Lipinski definition) is 3. The van der Waals surface area contributed by atoms with Gasteiger partial charge in [-0.25, -0.2) is 0 Å². The van der Waals surface area contributed by atoms with Crippen molar-refractivity contribution in [1.29, 1.82) is 0 Å². The monoisotopic (exact) mass is 450 g/mol. The van der Waals surface area contributed by atoms with Crippen LogP contribution in [0.5, 0.6) is 0 Å². The minimum absolute atomic E-state index is 0.495. The first kappa shape index (κ1) is 29.5. The lowest BCUT2D eigenvalue weighted by Gasteiger charge is -2.23. The van der Waals surface area contributed by atoms with E-state index < -0.39 is 6.72 Å². The molecule has 0 aromatic rings. The van der Waals surface area contributed by atoms with E-state index >= 15 is 0 Å². The first-order chi connectivity index (χ1) is 14.0. The summed E-state index contributed by atoms with van der Waals surface area (Å²) in [4.78, 5) is 10.6. The SMILES string of the molecule is CCCCCCC(CCCC)COP(O)(=S)OCC(CCCC)CCCCCC. The van der Waals surface area contributed by atoms with Gasteiger partial charge in [0.05, 0.1) is 13.2 Å². The Morgan fingerprint density at radius 1 is 0.586 bits per heavy atom. The Bertz CT molecular complexity index is 360. The lowest BCUT2D eigenvalue weighted by Crippen LogP contribution is -2.13. The van der Waals surface area contributed by atoms with Crippen LogP contribution in [0.1, 0.15) is 130 Å². The molecule has 29 heavy (non-hydrogen) atoms. The van der Waals surface area contributed by atoms with Gasteiger partial charge in [0.15, 0.2) is 0 Å². The Kier molecular flexibility index (Phi) is 20.8. The largest absolute Gasteiger partial charge is 0.324 e. The van der Waals surface area contributed by atoms with Gasteiger partial charge in [-0.1, -0.05) is 105 Å². The molecule has 1 N–H and O–H groups in total. The van der Waals surface area contributed by atoms with Crippen molar-refractivity contribution in [1.82, 2.24) is 0 Å². The summed E-state index contributed by atoms with van der Waals surface area (Å²) in [5, 5.41) is 0. The zero-order valence-electron chi connectivity index (χ0n) is 20.0. The van der Waals surface area contributed by atoms with Crippen LogP contribution in [0.15, 0.2) is 0 Å². The maximum absolute atomic E-state index is 10.6. The first-order valence-electron chi connectivity index (χ1n) is 12.6. The summed E-state index contributed by atoms with van der Waals surface area (Å²) in [6.07, 6.45) is 19.7. The minimum Gasteiger partial charge on any atom is -0.324 e. The van der Waals surface area contributed by atoms with Gasteiger partial charge >= 0.3 is 6.72 Å². The fourth-order valence-corrected chi connectivity index (χ4v) is 5.00. The summed E-state index contributed by atoms with van der Waals surface area (Å²) < 4.78 is 11.6. The molecule has 0 bridgehead atoms. The van der Waals surface area contributed by atoms with Crippen LogP contribution in [-0.4, -0.2) is 18.1 Å². The highest BCUT2D eigenvalue weighted by Gasteiger charge is 2.21. The van der Waals surface area contributed by atoms with Gasteiger partial charge in [-0.15, -0.1) is 0 Å². The quantitative estimate of drug-likeness (QED) is 0.132. The van der Waals surface area contributed by atoms with E-state index in [-0.39, 0.29) is 0 Å². The smallest absolute Gasteiger partial charge is 0.324 e. The molecule has 0 fully saturated rings. The lowest BCUT2D eigenvalue weighted by atomic mass is 9.96. The van der Waals surface area contributed by atoms with Crippen molar-refractivity contribution in [3.63, 3.8) is 0 Å². The average Bonchev–Trinajstić information content (AvgIpc) is 2.71. The Hall–Kier alpha value is 0.530. The molecule has 2 atom stereocenters. The summed E-state index contributed by atoms with van der Waals surface area (Å²) in [6, 6.07) is 0. The molecule has 0 aromatic heterocycles. The molecule has 5 heteroatoms. The summed E-state index contributed by atoms with van der Waals surface area (Å²) in [5.74, 6) is 0.990. The minimum atomic E-state index is -3.12. The average molecular weight is 451 g/mol. The van der Waals surface area contributed by atoms with Gasteiger partial charge in [-0.05, 0) is 49.3 Å². The molecule has 0 amide bonds. The molecule has 0 aliphatic carbocycles. The van der Waals surface area contributed by atoms with Crippen LogP contribution in [0.25, 0.3) is 0 Å². The van der Waals surface area contributed by atoms with E-state index in [2.05, 4.69) is 27.7 Å². The topological polar surface area (TPSA) is 38.7 Å². The molecule has 0 heterocycles. The molecule has 0 saturated heterocycles. The van der Waals surface area contributed by atoms with E-state index in [4.69, 9.17) is 20.9 Å². The second kappa shape index (κ2) is 20.4. The van der Waals surface area contributed by atoms with Crippen molar-refractivity contribution >= 4 is 18.5 Å². The van der Waals surface area contributed by atoms with Crippen molar-refractivity contribution in [3.8, 4) is 0 Å². The summed E-state index contributed by atoms with van der Waals surface area (Å²) >= 11 is 5.34. The predicted molar refractivity (Wildman–Crippen MR) is 132 cm³/mol. The van der Waals surface area contributed by atoms with E-state index in [9.17, 15) is 4.89 Å². The maximum Gasteiger partial charge on any atom is 0.324 e. The van der Waals surface area contributed by atoms with Crippen molar-refractivity contribution < 1.29 is 13.9 Å². The zero-order chi connectivity index (χ0) is 21.8. The van der Waals surface area contributed by atoms with E-state index in [0.717, 1.165) is 12.8 Å². The van der Waals surface area contributed by atoms with Gasteiger partial charge in [0.2, 0.25) is 0 Å². The summed E-state index contributed by atoms with van der Waals surface area (Å²) in [6.45, 7) is 6.93.